The topological polar surface area (TPSA) is 35.6 Å². The van der Waals surface area contributed by atoms with Crippen LogP contribution in [0.5, 0.6) is 0 Å². The van der Waals surface area contributed by atoms with Gasteiger partial charge in [-0.15, -0.1) is 0 Å². The summed E-state index contributed by atoms with van der Waals surface area (Å²) in [4.78, 5) is 17.0. The van der Waals surface area contributed by atoms with Crippen LogP contribution in [0.1, 0.15) is 24.1 Å². The highest BCUT2D eigenvalue weighted by molar-refractivity contribution is 6.31. The number of benzene rings is 2. The molecule has 2 aromatic rings. The molecule has 0 aromatic heterocycles. The molecule has 0 unspecified atom stereocenters. The number of amides is 1. The molecule has 0 saturated carbocycles. The van der Waals surface area contributed by atoms with Crippen LogP contribution in [0.25, 0.3) is 6.08 Å². The van der Waals surface area contributed by atoms with Crippen LogP contribution in [-0.4, -0.2) is 55.0 Å². The van der Waals surface area contributed by atoms with Crippen LogP contribution in [0.3, 0.4) is 0 Å². The van der Waals surface area contributed by atoms with Crippen molar-refractivity contribution in [2.75, 3.05) is 39.3 Å². The molecule has 1 heterocycles. The van der Waals surface area contributed by atoms with E-state index in [2.05, 4.69) is 51.5 Å². The molecule has 4 nitrogen and oxygen atoms in total. The molecule has 2 aromatic carbocycles. The van der Waals surface area contributed by atoms with E-state index in [0.29, 0.717) is 11.6 Å². The lowest BCUT2D eigenvalue weighted by atomic mass is 10.1. The van der Waals surface area contributed by atoms with Gasteiger partial charge < -0.3 is 5.32 Å². The maximum atomic E-state index is 12.4. The Morgan fingerprint density at radius 3 is 2.39 bits per heavy atom. The predicted octanol–water partition coefficient (Wildman–Crippen LogP) is 3.85. The van der Waals surface area contributed by atoms with E-state index in [-0.39, 0.29) is 11.9 Å². The fourth-order valence-corrected chi connectivity index (χ4v) is 3.73. The lowest BCUT2D eigenvalue weighted by Gasteiger charge is -2.33. The first-order valence-corrected chi connectivity index (χ1v) is 10.2. The van der Waals surface area contributed by atoms with Crippen LogP contribution in [0.2, 0.25) is 5.02 Å². The fourth-order valence-electron chi connectivity index (χ4n) is 3.43. The molecule has 1 N–H and O–H groups in total. The Balaban J connectivity index is 1.38. The highest BCUT2D eigenvalue weighted by Gasteiger charge is 2.19. The number of carbonyl (C=O) groups excluding carboxylic acids is 1. The number of hydrogen-bond donors (Lipinski definition) is 1. The minimum atomic E-state index is -0.0920. The van der Waals surface area contributed by atoms with Crippen LogP contribution in [0.15, 0.2) is 60.7 Å². The summed E-state index contributed by atoms with van der Waals surface area (Å²) in [7, 11) is 0. The van der Waals surface area contributed by atoms with Gasteiger partial charge in [0.05, 0.1) is 12.6 Å². The Labute approximate surface area is 172 Å². The molecule has 1 aliphatic rings. The Morgan fingerprint density at radius 2 is 1.68 bits per heavy atom. The van der Waals surface area contributed by atoms with Crippen LogP contribution >= 0.6 is 11.6 Å². The van der Waals surface area contributed by atoms with Gasteiger partial charge in [0.15, 0.2) is 0 Å². The Bertz CT molecular complexity index is 785. The third kappa shape index (κ3) is 6.20. The summed E-state index contributed by atoms with van der Waals surface area (Å²) in [6.45, 7) is 7.12. The van der Waals surface area contributed by atoms with Gasteiger partial charge in [-0.1, -0.05) is 72.3 Å². The maximum absolute atomic E-state index is 12.4. The molecule has 28 heavy (non-hydrogen) atoms. The average molecular weight is 398 g/mol. The van der Waals surface area contributed by atoms with Crippen LogP contribution in [-0.2, 0) is 4.79 Å². The molecule has 1 amide bonds. The Kier molecular flexibility index (Phi) is 7.66. The largest absolute Gasteiger partial charge is 0.348 e. The Hall–Kier alpha value is -2.14. The van der Waals surface area contributed by atoms with Gasteiger partial charge in [-0.3, -0.25) is 14.6 Å². The standard InChI is InChI=1S/C23H28ClN3O/c1-19(21-11-5-6-12-22(21)24)25-23(28)18-27-16-14-26(15-17-27)13-7-10-20-8-3-2-4-9-20/h2-12,19H,13-18H2,1H3,(H,25,28)/b10-7+/t19-/m0/s1. The minimum Gasteiger partial charge on any atom is -0.348 e. The lowest BCUT2D eigenvalue weighted by molar-refractivity contribution is -0.123. The van der Waals surface area contributed by atoms with E-state index < -0.39 is 0 Å². The zero-order chi connectivity index (χ0) is 19.8. The number of hydrogen-bond acceptors (Lipinski definition) is 3. The first kappa shape index (κ1) is 20.6. The molecule has 1 aliphatic heterocycles. The molecule has 0 radical (unpaired) electrons. The summed E-state index contributed by atoms with van der Waals surface area (Å²) in [5.74, 6) is 0.0462. The molecular formula is C23H28ClN3O. The van der Waals surface area contributed by atoms with Gasteiger partial charge in [0.2, 0.25) is 5.91 Å². The van der Waals surface area contributed by atoms with Gasteiger partial charge in [0, 0.05) is 37.7 Å². The van der Waals surface area contributed by atoms with E-state index in [4.69, 9.17) is 11.6 Å². The average Bonchev–Trinajstić information content (AvgIpc) is 2.70. The van der Waals surface area contributed by atoms with E-state index >= 15 is 0 Å². The summed E-state index contributed by atoms with van der Waals surface area (Å²) in [6.07, 6.45) is 4.37. The Morgan fingerprint density at radius 1 is 1.04 bits per heavy atom. The highest BCUT2D eigenvalue weighted by atomic mass is 35.5. The quantitative estimate of drug-likeness (QED) is 0.770. The smallest absolute Gasteiger partial charge is 0.234 e. The highest BCUT2D eigenvalue weighted by Crippen LogP contribution is 2.22. The van der Waals surface area contributed by atoms with Crippen molar-refractivity contribution in [1.29, 1.82) is 0 Å². The summed E-state index contributed by atoms with van der Waals surface area (Å²) < 4.78 is 0. The van der Waals surface area contributed by atoms with Crippen molar-refractivity contribution >= 4 is 23.6 Å². The second-order valence-electron chi connectivity index (χ2n) is 7.20. The van der Waals surface area contributed by atoms with Gasteiger partial charge in [-0.05, 0) is 24.1 Å². The van der Waals surface area contributed by atoms with Gasteiger partial charge in [-0.25, -0.2) is 0 Å². The molecule has 5 heteroatoms. The third-order valence-electron chi connectivity index (χ3n) is 5.05. The summed E-state index contributed by atoms with van der Waals surface area (Å²) in [5, 5.41) is 3.75. The molecule has 0 aliphatic carbocycles. The maximum Gasteiger partial charge on any atom is 0.234 e. The van der Waals surface area contributed by atoms with Crippen LogP contribution in [0, 0.1) is 0 Å². The van der Waals surface area contributed by atoms with Crippen molar-refractivity contribution in [2.24, 2.45) is 0 Å². The second-order valence-corrected chi connectivity index (χ2v) is 7.61. The van der Waals surface area contributed by atoms with Crippen molar-refractivity contribution in [3.05, 3.63) is 76.8 Å². The number of rotatable bonds is 7. The molecule has 0 bridgehead atoms. The van der Waals surface area contributed by atoms with Gasteiger partial charge >= 0.3 is 0 Å². The number of carbonyl (C=O) groups is 1. The lowest BCUT2D eigenvalue weighted by Crippen LogP contribution is -2.49. The molecule has 1 fully saturated rings. The van der Waals surface area contributed by atoms with Gasteiger partial charge in [0.1, 0.15) is 0 Å². The second kappa shape index (κ2) is 10.4. The van der Waals surface area contributed by atoms with E-state index in [0.717, 1.165) is 38.3 Å². The van der Waals surface area contributed by atoms with E-state index in [1.54, 1.807) is 0 Å². The zero-order valence-electron chi connectivity index (χ0n) is 16.4. The van der Waals surface area contributed by atoms with E-state index in [9.17, 15) is 4.79 Å². The third-order valence-corrected chi connectivity index (χ3v) is 5.40. The zero-order valence-corrected chi connectivity index (χ0v) is 17.1. The fraction of sp³-hybridized carbons (Fsp3) is 0.348. The van der Waals surface area contributed by atoms with Crippen molar-refractivity contribution in [2.45, 2.75) is 13.0 Å². The summed E-state index contributed by atoms with van der Waals surface area (Å²) in [6, 6.07) is 17.9. The normalized spacial score (nSPS) is 16.9. The number of nitrogens with zero attached hydrogens (tertiary/aromatic N) is 2. The first-order valence-electron chi connectivity index (χ1n) is 9.82. The summed E-state index contributed by atoms with van der Waals surface area (Å²) in [5.41, 5.74) is 2.18. The SMILES string of the molecule is C[C@H](NC(=O)CN1CCN(C/C=C/c2ccccc2)CC1)c1ccccc1Cl. The molecule has 3 rings (SSSR count). The van der Waals surface area contributed by atoms with Crippen molar-refractivity contribution < 1.29 is 4.79 Å². The van der Waals surface area contributed by atoms with Crippen molar-refractivity contribution in [3.63, 3.8) is 0 Å². The first-order chi connectivity index (χ1) is 13.6. The van der Waals surface area contributed by atoms with Crippen molar-refractivity contribution in [3.8, 4) is 0 Å². The molecule has 0 spiro atoms. The molecular weight excluding hydrogens is 370 g/mol. The van der Waals surface area contributed by atoms with Gasteiger partial charge in [-0.2, -0.15) is 0 Å². The van der Waals surface area contributed by atoms with Gasteiger partial charge in [0.25, 0.3) is 0 Å². The monoisotopic (exact) mass is 397 g/mol. The summed E-state index contributed by atoms with van der Waals surface area (Å²) >= 11 is 6.22. The molecule has 148 valence electrons. The number of nitrogens with one attached hydrogen (secondary N) is 1. The molecule has 1 atom stereocenters. The minimum absolute atomic E-state index is 0.0462. The van der Waals surface area contributed by atoms with E-state index in [1.807, 2.05) is 37.3 Å². The number of halogens is 1. The predicted molar refractivity (Wildman–Crippen MR) is 116 cm³/mol. The van der Waals surface area contributed by atoms with Crippen LogP contribution < -0.4 is 5.32 Å². The van der Waals surface area contributed by atoms with Crippen molar-refractivity contribution in [1.82, 2.24) is 15.1 Å². The molecule has 1 saturated heterocycles. The number of piperazine rings is 1. The van der Waals surface area contributed by atoms with E-state index in [1.165, 1.54) is 5.56 Å². The van der Waals surface area contributed by atoms with Crippen LogP contribution in [0.4, 0.5) is 0 Å².